The lowest BCUT2D eigenvalue weighted by atomic mass is 9.90. The summed E-state index contributed by atoms with van der Waals surface area (Å²) in [6, 6.07) is 4.55. The van der Waals surface area contributed by atoms with Crippen LogP contribution in [0.4, 0.5) is 4.39 Å². The molecule has 1 saturated heterocycles. The van der Waals surface area contributed by atoms with E-state index in [0.717, 1.165) is 18.5 Å². The summed E-state index contributed by atoms with van der Waals surface area (Å²) >= 11 is 0. The maximum Gasteiger partial charge on any atom is 0.308 e. The highest BCUT2D eigenvalue weighted by molar-refractivity contribution is 5.70. The number of nitrogens with zero attached hydrogens (tertiary/aromatic N) is 1. The molecule has 2 atom stereocenters. The van der Waals surface area contributed by atoms with E-state index in [1.165, 1.54) is 19.2 Å². The molecular weight excluding hydrogens is 261 g/mol. The van der Waals surface area contributed by atoms with Gasteiger partial charge in [-0.05, 0) is 44.0 Å². The Morgan fingerprint density at radius 2 is 2.25 bits per heavy atom. The molecule has 0 radical (unpaired) electrons. The zero-order valence-corrected chi connectivity index (χ0v) is 11.8. The van der Waals surface area contributed by atoms with Crippen LogP contribution in [0, 0.1) is 11.7 Å². The van der Waals surface area contributed by atoms with Crippen molar-refractivity contribution in [2.75, 3.05) is 13.7 Å². The minimum atomic E-state index is -0.751. The monoisotopic (exact) mass is 281 g/mol. The van der Waals surface area contributed by atoms with Crippen molar-refractivity contribution >= 4 is 5.97 Å². The lowest BCUT2D eigenvalue weighted by molar-refractivity contribution is -0.145. The van der Waals surface area contributed by atoms with Crippen molar-refractivity contribution in [2.45, 2.75) is 32.4 Å². The van der Waals surface area contributed by atoms with Gasteiger partial charge in [-0.1, -0.05) is 0 Å². The van der Waals surface area contributed by atoms with Crippen LogP contribution in [0.2, 0.25) is 0 Å². The van der Waals surface area contributed by atoms with Crippen molar-refractivity contribution in [3.63, 3.8) is 0 Å². The third-order valence-electron chi connectivity index (χ3n) is 3.99. The standard InChI is InChI=1S/C15H20FNO3/c1-10-14(15(18)19)4-3-5-17(10)9-11-6-12(16)8-13(7-11)20-2/h6-8,10,14H,3-5,9H2,1-2H3,(H,18,19)/t10-,14-/m0/s1. The minimum Gasteiger partial charge on any atom is -0.497 e. The second-order valence-electron chi connectivity index (χ2n) is 5.30. The number of ether oxygens (including phenoxy) is 1. The highest BCUT2D eigenvalue weighted by atomic mass is 19.1. The Balaban J connectivity index is 2.12. The number of halogens is 1. The third-order valence-corrected chi connectivity index (χ3v) is 3.99. The second-order valence-corrected chi connectivity index (χ2v) is 5.30. The molecule has 0 unspecified atom stereocenters. The molecule has 1 aromatic rings. The molecule has 4 nitrogen and oxygen atoms in total. The number of hydrogen-bond acceptors (Lipinski definition) is 3. The van der Waals surface area contributed by atoms with E-state index in [4.69, 9.17) is 4.74 Å². The molecule has 1 aromatic carbocycles. The van der Waals surface area contributed by atoms with Crippen molar-refractivity contribution in [2.24, 2.45) is 5.92 Å². The lowest BCUT2D eigenvalue weighted by Crippen LogP contribution is -2.45. The number of rotatable bonds is 4. The molecule has 1 heterocycles. The molecule has 1 aliphatic heterocycles. The van der Waals surface area contributed by atoms with Gasteiger partial charge in [0, 0.05) is 18.7 Å². The summed E-state index contributed by atoms with van der Waals surface area (Å²) in [5.41, 5.74) is 0.805. The summed E-state index contributed by atoms with van der Waals surface area (Å²) in [6.45, 7) is 3.30. The predicted octanol–water partition coefficient (Wildman–Crippen LogP) is 2.52. The fraction of sp³-hybridized carbons (Fsp3) is 0.533. The molecule has 1 aliphatic rings. The average Bonchev–Trinajstić information content (AvgIpc) is 2.40. The van der Waals surface area contributed by atoms with Crippen molar-refractivity contribution < 1.29 is 19.0 Å². The van der Waals surface area contributed by atoms with Gasteiger partial charge in [-0.2, -0.15) is 0 Å². The van der Waals surface area contributed by atoms with E-state index in [2.05, 4.69) is 4.90 Å². The topological polar surface area (TPSA) is 49.8 Å². The van der Waals surface area contributed by atoms with Crippen LogP contribution in [0.1, 0.15) is 25.3 Å². The largest absolute Gasteiger partial charge is 0.497 e. The maximum absolute atomic E-state index is 13.5. The van der Waals surface area contributed by atoms with Crippen LogP contribution in [0.25, 0.3) is 0 Å². The van der Waals surface area contributed by atoms with Gasteiger partial charge in [-0.3, -0.25) is 9.69 Å². The number of carbonyl (C=O) groups is 1. The number of carboxylic acids is 1. The molecule has 110 valence electrons. The van der Waals surface area contributed by atoms with Crippen molar-refractivity contribution in [1.29, 1.82) is 0 Å². The van der Waals surface area contributed by atoms with Crippen molar-refractivity contribution in [3.05, 3.63) is 29.6 Å². The highest BCUT2D eigenvalue weighted by Gasteiger charge is 2.32. The van der Waals surface area contributed by atoms with Gasteiger partial charge in [0.1, 0.15) is 11.6 Å². The van der Waals surface area contributed by atoms with Gasteiger partial charge in [-0.15, -0.1) is 0 Å². The van der Waals surface area contributed by atoms with Crippen LogP contribution in [-0.2, 0) is 11.3 Å². The smallest absolute Gasteiger partial charge is 0.308 e. The lowest BCUT2D eigenvalue weighted by Gasteiger charge is -2.37. The molecule has 5 heteroatoms. The quantitative estimate of drug-likeness (QED) is 0.921. The van der Waals surface area contributed by atoms with E-state index in [1.54, 1.807) is 6.07 Å². The summed E-state index contributed by atoms with van der Waals surface area (Å²) in [5, 5.41) is 9.21. The van der Waals surface area contributed by atoms with Gasteiger partial charge < -0.3 is 9.84 Å². The predicted molar refractivity (Wildman–Crippen MR) is 73.2 cm³/mol. The van der Waals surface area contributed by atoms with Crippen LogP contribution in [0.3, 0.4) is 0 Å². The zero-order chi connectivity index (χ0) is 14.7. The van der Waals surface area contributed by atoms with Gasteiger partial charge in [0.2, 0.25) is 0 Å². The van der Waals surface area contributed by atoms with E-state index >= 15 is 0 Å². The Morgan fingerprint density at radius 1 is 1.50 bits per heavy atom. The van der Waals surface area contributed by atoms with Gasteiger partial charge in [0.05, 0.1) is 13.0 Å². The molecule has 1 fully saturated rings. The third kappa shape index (κ3) is 3.28. The minimum absolute atomic E-state index is 0.0458. The van der Waals surface area contributed by atoms with Crippen LogP contribution < -0.4 is 4.74 Å². The number of benzene rings is 1. The van der Waals surface area contributed by atoms with E-state index in [0.29, 0.717) is 18.7 Å². The molecule has 0 bridgehead atoms. The first-order chi connectivity index (χ1) is 9.51. The van der Waals surface area contributed by atoms with Crippen LogP contribution >= 0.6 is 0 Å². The maximum atomic E-state index is 13.5. The number of methoxy groups -OCH3 is 1. The number of aliphatic carboxylic acids is 1. The van der Waals surface area contributed by atoms with E-state index < -0.39 is 5.97 Å². The van der Waals surface area contributed by atoms with Crippen LogP contribution in [-0.4, -0.2) is 35.7 Å². The fourth-order valence-electron chi connectivity index (χ4n) is 2.83. The molecule has 1 N–H and O–H groups in total. The first-order valence-corrected chi connectivity index (χ1v) is 6.81. The van der Waals surface area contributed by atoms with Gasteiger partial charge in [-0.25, -0.2) is 4.39 Å². The van der Waals surface area contributed by atoms with E-state index in [9.17, 15) is 14.3 Å². The van der Waals surface area contributed by atoms with Gasteiger partial charge in [0.15, 0.2) is 0 Å². The molecule has 0 saturated carbocycles. The molecular formula is C15H20FNO3. The Hall–Kier alpha value is -1.62. The Bertz CT molecular complexity index is 492. The molecule has 2 rings (SSSR count). The van der Waals surface area contributed by atoms with Crippen LogP contribution in [0.15, 0.2) is 18.2 Å². The molecule has 0 aromatic heterocycles. The molecule has 20 heavy (non-hydrogen) atoms. The second kappa shape index (κ2) is 6.22. The Labute approximate surface area is 118 Å². The normalized spacial score (nSPS) is 23.6. The SMILES string of the molecule is COc1cc(F)cc(CN2CCC[C@H](C(=O)O)[C@@H]2C)c1. The van der Waals surface area contributed by atoms with Crippen LogP contribution in [0.5, 0.6) is 5.75 Å². The number of hydrogen-bond donors (Lipinski definition) is 1. The Morgan fingerprint density at radius 3 is 2.90 bits per heavy atom. The zero-order valence-electron chi connectivity index (χ0n) is 11.8. The number of carboxylic acid groups (broad SMARTS) is 1. The molecule has 0 spiro atoms. The number of likely N-dealkylation sites (tertiary alicyclic amines) is 1. The van der Waals surface area contributed by atoms with Gasteiger partial charge >= 0.3 is 5.97 Å². The summed E-state index contributed by atoms with van der Waals surface area (Å²) in [4.78, 5) is 13.3. The summed E-state index contributed by atoms with van der Waals surface area (Å²) in [7, 11) is 1.50. The first kappa shape index (κ1) is 14.8. The Kier molecular flexibility index (Phi) is 4.60. The van der Waals surface area contributed by atoms with Crippen molar-refractivity contribution in [1.82, 2.24) is 4.90 Å². The summed E-state index contributed by atoms with van der Waals surface area (Å²) in [6.07, 6.45) is 1.56. The molecule has 0 amide bonds. The summed E-state index contributed by atoms with van der Waals surface area (Å²) in [5.74, 6) is -0.948. The first-order valence-electron chi connectivity index (χ1n) is 6.81. The average molecular weight is 281 g/mol. The highest BCUT2D eigenvalue weighted by Crippen LogP contribution is 2.26. The van der Waals surface area contributed by atoms with E-state index in [1.807, 2.05) is 6.92 Å². The van der Waals surface area contributed by atoms with Gasteiger partial charge in [0.25, 0.3) is 0 Å². The molecule has 0 aliphatic carbocycles. The fourth-order valence-corrected chi connectivity index (χ4v) is 2.83. The van der Waals surface area contributed by atoms with E-state index in [-0.39, 0.29) is 17.8 Å². The van der Waals surface area contributed by atoms with Crippen molar-refractivity contribution in [3.8, 4) is 5.75 Å². The number of piperidine rings is 1. The summed E-state index contributed by atoms with van der Waals surface area (Å²) < 4.78 is 18.5.